The fourth-order valence-corrected chi connectivity index (χ4v) is 3.22. The van der Waals surface area contributed by atoms with Crippen LogP contribution in [0.1, 0.15) is 26.7 Å². The molecule has 1 aromatic carbocycles. The number of hydrogen-bond donors (Lipinski definition) is 3. The smallest absolute Gasteiger partial charge is 0.362 e. The van der Waals surface area contributed by atoms with Crippen molar-refractivity contribution in [2.75, 3.05) is 19.7 Å². The van der Waals surface area contributed by atoms with Crippen LogP contribution in [0.4, 0.5) is 0 Å². The number of nitrogens with zero attached hydrogens (tertiary/aromatic N) is 3. The molecular weight excluding hydrogens is 416 g/mol. The highest BCUT2D eigenvalue weighted by atomic mass is 16.7. The monoisotopic (exact) mass is 444 g/mol. The van der Waals surface area contributed by atoms with Crippen LogP contribution in [-0.4, -0.2) is 44.8 Å². The summed E-state index contributed by atoms with van der Waals surface area (Å²) < 4.78 is 8.19. The van der Waals surface area contributed by atoms with Crippen molar-refractivity contribution in [1.82, 2.24) is 24.6 Å². The van der Waals surface area contributed by atoms with Crippen LogP contribution in [0, 0.1) is 0 Å². The highest BCUT2D eigenvalue weighted by Gasteiger charge is 2.17. The third-order valence-electron chi connectivity index (χ3n) is 4.67. The number of ether oxygens (including phenoxy) is 1. The minimum absolute atomic E-state index is 0.262. The van der Waals surface area contributed by atoms with Gasteiger partial charge in [-0.15, -0.1) is 0 Å². The predicted molar refractivity (Wildman–Crippen MR) is 119 cm³/mol. The van der Waals surface area contributed by atoms with Gasteiger partial charge >= 0.3 is 11.7 Å². The van der Waals surface area contributed by atoms with Gasteiger partial charge in [-0.3, -0.25) is 13.9 Å². The van der Waals surface area contributed by atoms with Crippen molar-refractivity contribution >= 4 is 17.1 Å². The zero-order valence-electron chi connectivity index (χ0n) is 18.2. The van der Waals surface area contributed by atoms with Gasteiger partial charge in [0.05, 0.1) is 0 Å². The first kappa shape index (κ1) is 23.2. The molecule has 0 aliphatic carbocycles. The van der Waals surface area contributed by atoms with Gasteiger partial charge in [0, 0.05) is 31.7 Å². The SMILES string of the molecule is CCCn1c(=O)c2[nH]c(-c3ccc(OCC(=O)ONCCN)cc3)nc2n(CCC)c1=O. The van der Waals surface area contributed by atoms with Gasteiger partial charge in [-0.1, -0.05) is 13.8 Å². The number of aromatic nitrogens is 4. The summed E-state index contributed by atoms with van der Waals surface area (Å²) in [6.45, 7) is 5.13. The van der Waals surface area contributed by atoms with Gasteiger partial charge in [0.25, 0.3) is 5.56 Å². The van der Waals surface area contributed by atoms with E-state index in [0.717, 1.165) is 6.42 Å². The average molecular weight is 444 g/mol. The van der Waals surface area contributed by atoms with Crippen molar-refractivity contribution in [3.8, 4) is 17.1 Å². The van der Waals surface area contributed by atoms with Crippen LogP contribution in [0.25, 0.3) is 22.6 Å². The van der Waals surface area contributed by atoms with Gasteiger partial charge in [-0.2, -0.15) is 5.48 Å². The Hall–Kier alpha value is -3.44. The molecule has 4 N–H and O–H groups in total. The summed E-state index contributed by atoms with van der Waals surface area (Å²) in [6, 6.07) is 6.85. The standard InChI is InChI=1S/C21H28N6O5/c1-3-11-26-19-17(20(29)27(12-4-2)21(26)30)24-18(25-19)14-5-7-15(8-6-14)31-13-16(28)32-23-10-9-22/h5-8,23H,3-4,9-13,22H2,1-2H3,(H,24,25). The summed E-state index contributed by atoms with van der Waals surface area (Å²) in [6.07, 6.45) is 1.41. The number of carbonyl (C=O) groups is 1. The van der Waals surface area contributed by atoms with Crippen LogP contribution >= 0.6 is 0 Å². The van der Waals surface area contributed by atoms with Crippen molar-refractivity contribution in [2.24, 2.45) is 5.73 Å². The Bertz CT molecular complexity index is 1180. The van der Waals surface area contributed by atoms with Gasteiger partial charge in [0.1, 0.15) is 17.1 Å². The van der Waals surface area contributed by atoms with Crippen LogP contribution in [-0.2, 0) is 22.7 Å². The Morgan fingerprint density at radius 2 is 1.81 bits per heavy atom. The lowest BCUT2D eigenvalue weighted by molar-refractivity contribution is -0.153. The molecule has 11 nitrogen and oxygen atoms in total. The molecule has 32 heavy (non-hydrogen) atoms. The van der Waals surface area contributed by atoms with E-state index in [1.165, 1.54) is 9.13 Å². The number of hydrogen-bond acceptors (Lipinski definition) is 8. The minimum atomic E-state index is -0.572. The highest BCUT2D eigenvalue weighted by molar-refractivity contribution is 5.75. The zero-order chi connectivity index (χ0) is 23.1. The molecule has 3 rings (SSSR count). The molecule has 172 valence electrons. The van der Waals surface area contributed by atoms with Crippen LogP contribution in [0.2, 0.25) is 0 Å². The van der Waals surface area contributed by atoms with Crippen molar-refractivity contribution in [2.45, 2.75) is 39.8 Å². The number of fused-ring (bicyclic) bond motifs is 1. The van der Waals surface area contributed by atoms with Crippen molar-refractivity contribution < 1.29 is 14.4 Å². The first-order valence-electron chi connectivity index (χ1n) is 10.6. The molecule has 0 radical (unpaired) electrons. The maximum absolute atomic E-state index is 12.8. The number of hydroxylamine groups is 1. The van der Waals surface area contributed by atoms with E-state index in [4.69, 9.17) is 15.3 Å². The van der Waals surface area contributed by atoms with E-state index in [9.17, 15) is 14.4 Å². The first-order chi connectivity index (χ1) is 15.5. The van der Waals surface area contributed by atoms with Crippen LogP contribution in [0.5, 0.6) is 5.75 Å². The van der Waals surface area contributed by atoms with Crippen LogP contribution < -0.4 is 27.2 Å². The highest BCUT2D eigenvalue weighted by Crippen LogP contribution is 2.21. The second-order valence-electron chi connectivity index (χ2n) is 7.15. The number of imidazole rings is 1. The minimum Gasteiger partial charge on any atom is -0.482 e. The van der Waals surface area contributed by atoms with Gasteiger partial charge in [-0.25, -0.2) is 14.6 Å². The van der Waals surface area contributed by atoms with E-state index in [2.05, 4.69) is 15.4 Å². The molecule has 0 bridgehead atoms. The van der Waals surface area contributed by atoms with Crippen molar-refractivity contribution in [3.63, 3.8) is 0 Å². The molecule has 0 spiro atoms. The Balaban J connectivity index is 1.84. The molecule has 0 saturated heterocycles. The first-order valence-corrected chi connectivity index (χ1v) is 10.6. The molecule has 0 atom stereocenters. The van der Waals surface area contributed by atoms with E-state index in [0.29, 0.717) is 60.9 Å². The number of carbonyl (C=O) groups excluding carboxylic acids is 1. The Labute approximate surface area is 184 Å². The molecule has 0 amide bonds. The lowest BCUT2D eigenvalue weighted by Crippen LogP contribution is -2.40. The lowest BCUT2D eigenvalue weighted by Gasteiger charge is -2.09. The number of aryl methyl sites for hydroxylation is 1. The van der Waals surface area contributed by atoms with Crippen LogP contribution in [0.3, 0.4) is 0 Å². The Morgan fingerprint density at radius 1 is 1.12 bits per heavy atom. The molecule has 3 aromatic rings. The maximum atomic E-state index is 12.8. The van der Waals surface area contributed by atoms with E-state index >= 15 is 0 Å². The zero-order valence-corrected chi connectivity index (χ0v) is 18.2. The molecule has 0 fully saturated rings. The molecule has 11 heteroatoms. The summed E-state index contributed by atoms with van der Waals surface area (Å²) in [4.78, 5) is 49.5. The van der Waals surface area contributed by atoms with Gasteiger partial charge in [-0.05, 0) is 37.1 Å². The quantitative estimate of drug-likeness (QED) is 0.290. The van der Waals surface area contributed by atoms with Gasteiger partial charge < -0.3 is 20.3 Å². The largest absolute Gasteiger partial charge is 0.482 e. The van der Waals surface area contributed by atoms with Crippen molar-refractivity contribution in [3.05, 3.63) is 45.1 Å². The molecule has 0 aliphatic heterocycles. The topological polar surface area (TPSA) is 146 Å². The van der Waals surface area contributed by atoms with E-state index in [1.807, 2.05) is 13.8 Å². The molecule has 2 aromatic heterocycles. The second-order valence-corrected chi connectivity index (χ2v) is 7.15. The molecular formula is C21H28N6O5. The fourth-order valence-electron chi connectivity index (χ4n) is 3.22. The van der Waals surface area contributed by atoms with E-state index in [1.54, 1.807) is 24.3 Å². The summed E-state index contributed by atoms with van der Waals surface area (Å²) in [7, 11) is 0. The fraction of sp³-hybridized carbons (Fsp3) is 0.429. The second kappa shape index (κ2) is 10.7. The number of nitrogens with one attached hydrogen (secondary N) is 2. The molecule has 0 aliphatic rings. The molecule has 0 saturated carbocycles. The third kappa shape index (κ3) is 5.06. The Kier molecular flexibility index (Phi) is 7.79. The normalized spacial score (nSPS) is 11.1. The van der Waals surface area contributed by atoms with Crippen molar-refractivity contribution in [1.29, 1.82) is 0 Å². The maximum Gasteiger partial charge on any atom is 0.362 e. The summed E-state index contributed by atoms with van der Waals surface area (Å²) in [5, 5.41) is 0. The van der Waals surface area contributed by atoms with Crippen LogP contribution in [0.15, 0.2) is 33.9 Å². The number of nitrogens with two attached hydrogens (primary N) is 1. The number of rotatable bonds is 11. The Morgan fingerprint density at radius 3 is 2.47 bits per heavy atom. The summed E-state index contributed by atoms with van der Waals surface area (Å²) in [5.41, 5.74) is 8.36. The molecule has 2 heterocycles. The summed E-state index contributed by atoms with van der Waals surface area (Å²) in [5.74, 6) is 0.360. The number of benzene rings is 1. The third-order valence-corrected chi connectivity index (χ3v) is 4.67. The summed E-state index contributed by atoms with van der Waals surface area (Å²) >= 11 is 0. The van der Waals surface area contributed by atoms with Gasteiger partial charge in [0.2, 0.25) is 0 Å². The number of H-pyrrole nitrogens is 1. The molecule has 0 unspecified atom stereocenters. The predicted octanol–water partition coefficient (Wildman–Crippen LogP) is 0.759. The van der Waals surface area contributed by atoms with Gasteiger partial charge in [0.15, 0.2) is 12.3 Å². The van der Waals surface area contributed by atoms with E-state index < -0.39 is 5.97 Å². The van der Waals surface area contributed by atoms with E-state index in [-0.39, 0.29) is 17.9 Å². The lowest BCUT2D eigenvalue weighted by atomic mass is 10.2. The average Bonchev–Trinajstić information content (AvgIpc) is 3.24. The number of aromatic amines is 1.